The highest BCUT2D eigenvalue weighted by Gasteiger charge is 2.08. The predicted molar refractivity (Wildman–Crippen MR) is 133 cm³/mol. The summed E-state index contributed by atoms with van der Waals surface area (Å²) in [5.74, 6) is -0.474. The summed E-state index contributed by atoms with van der Waals surface area (Å²) in [6.45, 7) is 1.97. The average Bonchev–Trinajstić information content (AvgIpc) is 2.84. The molecule has 5 heteroatoms. The van der Waals surface area contributed by atoms with Crippen LogP contribution in [-0.2, 0) is 4.79 Å². The number of aryl methyl sites for hydroxylation is 1. The summed E-state index contributed by atoms with van der Waals surface area (Å²) in [5, 5.41) is 5.81. The number of para-hydroxylation sites is 1. The molecule has 3 aromatic carbocycles. The number of carbonyl (C=O) groups is 2. The van der Waals surface area contributed by atoms with Gasteiger partial charge in [0.05, 0.1) is 11.4 Å². The molecule has 0 radical (unpaired) electrons. The summed E-state index contributed by atoms with van der Waals surface area (Å²) in [6, 6.07) is 27.9. The fourth-order valence-electron chi connectivity index (χ4n) is 3.39. The molecule has 4 aromatic rings. The molecule has 2 amide bonds. The Morgan fingerprint density at radius 1 is 0.818 bits per heavy atom. The van der Waals surface area contributed by atoms with Gasteiger partial charge in [-0.1, -0.05) is 48.5 Å². The molecule has 0 saturated heterocycles. The Morgan fingerprint density at radius 3 is 2.45 bits per heavy atom. The smallest absolute Gasteiger partial charge is 0.255 e. The van der Waals surface area contributed by atoms with Crippen molar-refractivity contribution in [1.29, 1.82) is 0 Å². The number of hydrogen-bond acceptors (Lipinski definition) is 3. The van der Waals surface area contributed by atoms with Crippen molar-refractivity contribution in [2.24, 2.45) is 0 Å². The minimum atomic E-state index is -0.270. The Bertz CT molecular complexity index is 1310. The van der Waals surface area contributed by atoms with Crippen LogP contribution in [0.5, 0.6) is 0 Å². The zero-order valence-corrected chi connectivity index (χ0v) is 18.2. The molecular formula is C28H23N3O2. The van der Waals surface area contributed by atoms with Gasteiger partial charge in [-0.25, -0.2) is 0 Å². The predicted octanol–water partition coefficient (Wildman–Crippen LogP) is 5.96. The van der Waals surface area contributed by atoms with Gasteiger partial charge in [-0.15, -0.1) is 0 Å². The average molecular weight is 434 g/mol. The van der Waals surface area contributed by atoms with E-state index in [9.17, 15) is 9.59 Å². The molecule has 1 aromatic heterocycles. The SMILES string of the molecule is Cc1cccc(NC(=O)c2cccc(/C=C/C(=O)Nc3ccccc3-c3ccccn3)c2)c1. The maximum atomic E-state index is 12.6. The molecule has 0 saturated carbocycles. The number of pyridine rings is 1. The molecule has 33 heavy (non-hydrogen) atoms. The Kier molecular flexibility index (Phi) is 6.71. The number of hydrogen-bond donors (Lipinski definition) is 2. The van der Waals surface area contributed by atoms with Crippen LogP contribution >= 0.6 is 0 Å². The van der Waals surface area contributed by atoms with E-state index < -0.39 is 0 Å². The number of carbonyl (C=O) groups excluding carboxylic acids is 2. The highest BCUT2D eigenvalue weighted by Crippen LogP contribution is 2.25. The van der Waals surface area contributed by atoms with E-state index in [0.29, 0.717) is 11.3 Å². The molecule has 0 unspecified atom stereocenters. The van der Waals surface area contributed by atoms with E-state index in [1.54, 1.807) is 30.5 Å². The minimum Gasteiger partial charge on any atom is -0.322 e. The number of aromatic nitrogens is 1. The second-order valence-electron chi connectivity index (χ2n) is 7.53. The molecule has 0 aliphatic carbocycles. The first-order chi connectivity index (χ1) is 16.1. The van der Waals surface area contributed by atoms with E-state index in [1.807, 2.05) is 79.7 Å². The molecule has 2 N–H and O–H groups in total. The van der Waals surface area contributed by atoms with Gasteiger partial charge in [-0.3, -0.25) is 14.6 Å². The van der Waals surface area contributed by atoms with E-state index in [1.165, 1.54) is 6.08 Å². The third-order valence-corrected chi connectivity index (χ3v) is 4.98. The van der Waals surface area contributed by atoms with Crippen LogP contribution in [-0.4, -0.2) is 16.8 Å². The molecule has 5 nitrogen and oxygen atoms in total. The van der Waals surface area contributed by atoms with Gasteiger partial charge >= 0.3 is 0 Å². The van der Waals surface area contributed by atoms with Crippen LogP contribution in [0.25, 0.3) is 17.3 Å². The number of benzene rings is 3. The summed E-state index contributed by atoms with van der Waals surface area (Å²) in [5.41, 5.74) is 5.38. The van der Waals surface area contributed by atoms with E-state index in [0.717, 1.165) is 28.1 Å². The lowest BCUT2D eigenvalue weighted by Gasteiger charge is -2.09. The number of amides is 2. The first-order valence-corrected chi connectivity index (χ1v) is 10.6. The molecule has 0 spiro atoms. The van der Waals surface area contributed by atoms with Gasteiger partial charge in [-0.2, -0.15) is 0 Å². The van der Waals surface area contributed by atoms with Crippen molar-refractivity contribution < 1.29 is 9.59 Å². The van der Waals surface area contributed by atoms with Crippen LogP contribution in [0.15, 0.2) is 103 Å². The van der Waals surface area contributed by atoms with Crippen molar-refractivity contribution in [2.75, 3.05) is 10.6 Å². The van der Waals surface area contributed by atoms with Gasteiger partial charge in [0.15, 0.2) is 0 Å². The number of rotatable bonds is 6. The normalized spacial score (nSPS) is 10.7. The summed E-state index contributed by atoms with van der Waals surface area (Å²) < 4.78 is 0. The van der Waals surface area contributed by atoms with Gasteiger partial charge in [-0.05, 0) is 66.6 Å². The van der Waals surface area contributed by atoms with Gasteiger partial charge < -0.3 is 10.6 Å². The van der Waals surface area contributed by atoms with E-state index in [4.69, 9.17) is 0 Å². The zero-order valence-electron chi connectivity index (χ0n) is 18.2. The maximum absolute atomic E-state index is 12.6. The highest BCUT2D eigenvalue weighted by molar-refractivity contribution is 6.06. The lowest BCUT2D eigenvalue weighted by Crippen LogP contribution is -2.12. The van der Waals surface area contributed by atoms with Crippen LogP contribution in [0.1, 0.15) is 21.5 Å². The summed E-state index contributed by atoms with van der Waals surface area (Å²) >= 11 is 0. The molecule has 162 valence electrons. The van der Waals surface area contributed by atoms with Gasteiger partial charge in [0.2, 0.25) is 5.91 Å². The molecule has 0 atom stereocenters. The third kappa shape index (κ3) is 5.80. The fourth-order valence-corrected chi connectivity index (χ4v) is 3.39. The number of nitrogens with one attached hydrogen (secondary N) is 2. The van der Waals surface area contributed by atoms with Crippen LogP contribution in [0.4, 0.5) is 11.4 Å². The van der Waals surface area contributed by atoms with Crippen molar-refractivity contribution in [3.05, 3.63) is 120 Å². The largest absolute Gasteiger partial charge is 0.322 e. The number of nitrogens with zero attached hydrogens (tertiary/aromatic N) is 1. The quantitative estimate of drug-likeness (QED) is 0.369. The third-order valence-electron chi connectivity index (χ3n) is 4.98. The first-order valence-electron chi connectivity index (χ1n) is 10.6. The molecule has 4 rings (SSSR count). The van der Waals surface area contributed by atoms with Crippen LogP contribution < -0.4 is 10.6 Å². The molecular weight excluding hydrogens is 410 g/mol. The van der Waals surface area contributed by atoms with Crippen LogP contribution in [0, 0.1) is 6.92 Å². The number of anilines is 2. The summed E-state index contributed by atoms with van der Waals surface area (Å²) in [6.07, 6.45) is 4.85. The van der Waals surface area contributed by atoms with E-state index >= 15 is 0 Å². The van der Waals surface area contributed by atoms with Crippen LogP contribution in [0.3, 0.4) is 0 Å². The van der Waals surface area contributed by atoms with Crippen LogP contribution in [0.2, 0.25) is 0 Å². The zero-order chi connectivity index (χ0) is 23.0. The van der Waals surface area contributed by atoms with Crippen molar-refractivity contribution in [3.63, 3.8) is 0 Å². The maximum Gasteiger partial charge on any atom is 0.255 e. The van der Waals surface area contributed by atoms with Gasteiger partial charge in [0.1, 0.15) is 0 Å². The molecule has 0 fully saturated rings. The molecule has 0 bridgehead atoms. The Morgan fingerprint density at radius 2 is 1.64 bits per heavy atom. The Balaban J connectivity index is 1.45. The molecule has 0 aliphatic heterocycles. The monoisotopic (exact) mass is 433 g/mol. The topological polar surface area (TPSA) is 71.1 Å². The van der Waals surface area contributed by atoms with Crippen molar-refractivity contribution in [3.8, 4) is 11.3 Å². The Labute approximate surface area is 192 Å². The second-order valence-corrected chi connectivity index (χ2v) is 7.53. The fraction of sp³-hybridized carbons (Fsp3) is 0.0357. The summed E-state index contributed by atoms with van der Waals surface area (Å²) in [7, 11) is 0. The molecule has 1 heterocycles. The lowest BCUT2D eigenvalue weighted by atomic mass is 10.1. The minimum absolute atomic E-state index is 0.204. The lowest BCUT2D eigenvalue weighted by molar-refractivity contribution is -0.111. The first kappa shape index (κ1) is 21.7. The Hall–Kier alpha value is -4.51. The summed E-state index contributed by atoms with van der Waals surface area (Å²) in [4.78, 5) is 29.5. The van der Waals surface area contributed by atoms with E-state index in [-0.39, 0.29) is 11.8 Å². The standard InChI is InChI=1S/C28H23N3O2/c1-20-8-6-11-23(18-20)30-28(33)22-10-7-9-21(19-22)15-16-27(32)31-26-14-3-2-12-24(26)25-13-4-5-17-29-25/h2-19H,1H3,(H,30,33)(H,31,32)/b16-15+. The van der Waals surface area contributed by atoms with E-state index in [2.05, 4.69) is 15.6 Å². The highest BCUT2D eigenvalue weighted by atomic mass is 16.2. The van der Waals surface area contributed by atoms with Gasteiger partial charge in [0.25, 0.3) is 5.91 Å². The van der Waals surface area contributed by atoms with Gasteiger partial charge in [0, 0.05) is 29.1 Å². The van der Waals surface area contributed by atoms with Crippen molar-refractivity contribution in [1.82, 2.24) is 4.98 Å². The van der Waals surface area contributed by atoms with Crippen molar-refractivity contribution in [2.45, 2.75) is 6.92 Å². The second kappa shape index (κ2) is 10.2. The molecule has 0 aliphatic rings. The van der Waals surface area contributed by atoms with Crippen molar-refractivity contribution >= 4 is 29.3 Å².